The molecule has 2 rings (SSSR count). The average Bonchev–Trinajstić information content (AvgIpc) is 3.01. The summed E-state index contributed by atoms with van der Waals surface area (Å²) in [5.74, 6) is -1.43. The molecule has 1 unspecified atom stereocenters. The van der Waals surface area contributed by atoms with E-state index in [0.29, 0.717) is 0 Å². The van der Waals surface area contributed by atoms with E-state index in [0.717, 1.165) is 0 Å². The summed E-state index contributed by atoms with van der Waals surface area (Å²) in [6.07, 6.45) is -5.57. The number of oxime groups is 1. The normalized spacial score (nSPS) is 21.6. The summed E-state index contributed by atoms with van der Waals surface area (Å²) in [5.41, 5.74) is -4.15. The second-order valence-electron chi connectivity index (χ2n) is 5.43. The number of sulfone groups is 1. The maximum atomic E-state index is 13.1. The molecule has 0 spiro atoms. The lowest BCUT2D eigenvalue weighted by Crippen LogP contribution is -2.29. The van der Waals surface area contributed by atoms with E-state index in [1.165, 1.54) is 6.92 Å². The van der Waals surface area contributed by atoms with Gasteiger partial charge in [-0.1, -0.05) is 16.8 Å². The fourth-order valence-corrected chi connectivity index (χ4v) is 4.02. The van der Waals surface area contributed by atoms with E-state index in [-0.39, 0.29) is 12.3 Å². The first-order chi connectivity index (χ1) is 11.3. The van der Waals surface area contributed by atoms with Crippen LogP contribution in [0.1, 0.15) is 31.2 Å². The molecular weight excluding hydrogens is 420 g/mol. The van der Waals surface area contributed by atoms with Crippen LogP contribution in [0.2, 0.25) is 5.15 Å². The summed E-state index contributed by atoms with van der Waals surface area (Å²) in [5, 5.41) is 4.68. The van der Waals surface area contributed by atoms with Gasteiger partial charge >= 0.3 is 12.7 Å². The zero-order valence-corrected chi connectivity index (χ0v) is 14.6. The highest BCUT2D eigenvalue weighted by Gasteiger charge is 2.45. The Bertz CT molecular complexity index is 809. The fourth-order valence-electron chi connectivity index (χ4n) is 2.07. The molecule has 0 saturated carbocycles. The van der Waals surface area contributed by atoms with Gasteiger partial charge in [-0.2, -0.15) is 31.7 Å². The monoisotopic (exact) mass is 429 g/mol. The standard InChI is InChI=1S/C11H10Cl2F5N3O3S/c1-10(4-12)2-6(20-24-10)25(22,23)3-5-7(11(16,17)18)21(9(14)15)19-8(5)13/h9H,2-4H2,1H3. The predicted molar refractivity (Wildman–Crippen MR) is 78.4 cm³/mol. The van der Waals surface area contributed by atoms with Crippen molar-refractivity contribution < 1.29 is 35.2 Å². The van der Waals surface area contributed by atoms with Crippen LogP contribution < -0.4 is 0 Å². The van der Waals surface area contributed by atoms with E-state index >= 15 is 0 Å². The minimum Gasteiger partial charge on any atom is -0.387 e. The van der Waals surface area contributed by atoms with Gasteiger partial charge in [0.25, 0.3) is 0 Å². The van der Waals surface area contributed by atoms with Gasteiger partial charge in [-0.15, -0.1) is 11.6 Å². The molecule has 6 nitrogen and oxygen atoms in total. The predicted octanol–water partition coefficient (Wildman–Crippen LogP) is 3.60. The number of hydrogen-bond donors (Lipinski definition) is 0. The Hall–Kier alpha value is -1.14. The number of hydrogen-bond acceptors (Lipinski definition) is 5. The molecule has 1 aromatic heterocycles. The Labute approximate surface area is 148 Å². The van der Waals surface area contributed by atoms with Crippen molar-refractivity contribution >= 4 is 38.1 Å². The first kappa shape index (κ1) is 20.2. The van der Waals surface area contributed by atoms with Crippen molar-refractivity contribution in [1.29, 1.82) is 0 Å². The molecule has 0 fully saturated rings. The van der Waals surface area contributed by atoms with Gasteiger partial charge in [-0.25, -0.2) is 8.42 Å². The molecule has 1 aromatic rings. The maximum absolute atomic E-state index is 13.1. The Morgan fingerprint density at radius 3 is 2.44 bits per heavy atom. The van der Waals surface area contributed by atoms with Gasteiger partial charge in [0.15, 0.2) is 31.3 Å². The zero-order valence-electron chi connectivity index (χ0n) is 12.3. The van der Waals surface area contributed by atoms with E-state index in [4.69, 9.17) is 28.0 Å². The summed E-state index contributed by atoms with van der Waals surface area (Å²) >= 11 is 11.1. The van der Waals surface area contributed by atoms with Crippen molar-refractivity contribution in [3.8, 4) is 0 Å². The van der Waals surface area contributed by atoms with Crippen molar-refractivity contribution in [3.05, 3.63) is 16.4 Å². The van der Waals surface area contributed by atoms with Crippen LogP contribution >= 0.6 is 23.2 Å². The molecule has 14 heteroatoms. The second-order valence-corrected chi connectivity index (χ2v) is 8.05. The highest BCUT2D eigenvalue weighted by molar-refractivity contribution is 8.05. The molecule has 0 N–H and O–H groups in total. The van der Waals surface area contributed by atoms with Crippen LogP contribution in [0, 0.1) is 0 Å². The highest BCUT2D eigenvalue weighted by Crippen LogP contribution is 2.39. The summed E-state index contributed by atoms with van der Waals surface area (Å²) in [6.45, 7) is -2.20. The van der Waals surface area contributed by atoms with Gasteiger partial charge in [0.1, 0.15) is 0 Å². The lowest BCUT2D eigenvalue weighted by Gasteiger charge is -2.16. The molecule has 25 heavy (non-hydrogen) atoms. The third-order valence-electron chi connectivity index (χ3n) is 3.28. The van der Waals surface area contributed by atoms with E-state index in [1.54, 1.807) is 0 Å². The first-order valence-corrected chi connectivity index (χ1v) is 9.03. The van der Waals surface area contributed by atoms with Crippen LogP contribution in [0.4, 0.5) is 22.0 Å². The van der Waals surface area contributed by atoms with Crippen LogP contribution in [-0.4, -0.2) is 34.7 Å². The molecule has 142 valence electrons. The largest absolute Gasteiger partial charge is 0.433 e. The number of alkyl halides is 6. The van der Waals surface area contributed by atoms with Gasteiger partial charge in [0.05, 0.1) is 11.6 Å². The molecule has 0 radical (unpaired) electrons. The van der Waals surface area contributed by atoms with Crippen LogP contribution in [-0.2, 0) is 26.6 Å². The van der Waals surface area contributed by atoms with Crippen molar-refractivity contribution in [2.24, 2.45) is 5.16 Å². The molecule has 0 saturated heterocycles. The maximum Gasteiger partial charge on any atom is 0.433 e. The summed E-state index contributed by atoms with van der Waals surface area (Å²) in [4.78, 5) is 4.88. The molecule has 2 heterocycles. The van der Waals surface area contributed by atoms with E-state index in [1.807, 2.05) is 0 Å². The lowest BCUT2D eigenvalue weighted by atomic mass is 10.1. The Kier molecular flexibility index (Phi) is 5.28. The van der Waals surface area contributed by atoms with Crippen LogP contribution in [0.5, 0.6) is 0 Å². The number of halogens is 7. The van der Waals surface area contributed by atoms with Gasteiger partial charge in [-0.3, -0.25) is 0 Å². The zero-order chi connectivity index (χ0) is 19.2. The molecular formula is C11H10Cl2F5N3O3S. The van der Waals surface area contributed by atoms with Crippen molar-refractivity contribution in [1.82, 2.24) is 9.78 Å². The van der Waals surface area contributed by atoms with Crippen LogP contribution in [0.3, 0.4) is 0 Å². The molecule has 0 aliphatic carbocycles. The van der Waals surface area contributed by atoms with Crippen molar-refractivity contribution in [2.45, 2.75) is 37.4 Å². The minimum absolute atomic E-state index is 0.118. The smallest absolute Gasteiger partial charge is 0.387 e. The molecule has 0 aromatic carbocycles. The third-order valence-corrected chi connectivity index (χ3v) is 5.76. The van der Waals surface area contributed by atoms with Gasteiger partial charge in [0.2, 0.25) is 0 Å². The Morgan fingerprint density at radius 2 is 2.00 bits per heavy atom. The topological polar surface area (TPSA) is 73.5 Å². The van der Waals surface area contributed by atoms with E-state index in [9.17, 15) is 30.4 Å². The lowest BCUT2D eigenvalue weighted by molar-refractivity contribution is -0.150. The fraction of sp³-hybridized carbons (Fsp3) is 0.636. The van der Waals surface area contributed by atoms with E-state index < -0.39 is 60.1 Å². The molecule has 1 aliphatic heterocycles. The number of nitrogens with zero attached hydrogens (tertiary/aromatic N) is 3. The van der Waals surface area contributed by atoms with Gasteiger partial charge < -0.3 is 4.84 Å². The van der Waals surface area contributed by atoms with Gasteiger partial charge in [-0.05, 0) is 6.92 Å². The number of rotatable bonds is 4. The summed E-state index contributed by atoms with van der Waals surface area (Å²) in [6, 6.07) is 0. The SMILES string of the molecule is CC1(CCl)CC(S(=O)(=O)Cc2c(Cl)nn(C(F)F)c2C(F)(F)F)=NO1. The van der Waals surface area contributed by atoms with Gasteiger partial charge in [0, 0.05) is 12.0 Å². The Morgan fingerprint density at radius 1 is 1.40 bits per heavy atom. The molecule has 0 bridgehead atoms. The average molecular weight is 430 g/mol. The molecule has 1 aliphatic rings. The Balaban J connectivity index is 2.44. The van der Waals surface area contributed by atoms with Crippen LogP contribution in [0.25, 0.3) is 0 Å². The summed E-state index contributed by atoms with van der Waals surface area (Å²) < 4.78 is 88.8. The van der Waals surface area contributed by atoms with Crippen molar-refractivity contribution in [3.63, 3.8) is 0 Å². The second kappa shape index (κ2) is 6.54. The first-order valence-electron chi connectivity index (χ1n) is 6.47. The molecule has 1 atom stereocenters. The third kappa shape index (κ3) is 4.00. The molecule has 0 amide bonds. The number of aromatic nitrogens is 2. The highest BCUT2D eigenvalue weighted by atomic mass is 35.5. The van der Waals surface area contributed by atoms with E-state index in [2.05, 4.69) is 10.3 Å². The minimum atomic E-state index is -5.29. The summed E-state index contributed by atoms with van der Waals surface area (Å²) in [7, 11) is -4.43. The van der Waals surface area contributed by atoms with Crippen LogP contribution in [0.15, 0.2) is 5.16 Å². The van der Waals surface area contributed by atoms with Crippen molar-refractivity contribution in [2.75, 3.05) is 5.88 Å². The quantitative estimate of drug-likeness (QED) is 0.541.